The molecule has 2 N–H and O–H groups in total. The van der Waals surface area contributed by atoms with E-state index in [0.29, 0.717) is 29.0 Å². The van der Waals surface area contributed by atoms with Crippen molar-refractivity contribution in [3.8, 4) is 5.75 Å². The third-order valence-electron chi connectivity index (χ3n) is 4.19. The lowest BCUT2D eigenvalue weighted by Crippen LogP contribution is -2.16. The highest BCUT2D eigenvalue weighted by molar-refractivity contribution is 6.31. The van der Waals surface area contributed by atoms with Crippen LogP contribution in [0.3, 0.4) is 0 Å². The van der Waals surface area contributed by atoms with Crippen molar-refractivity contribution in [3.05, 3.63) is 76.1 Å². The first-order chi connectivity index (χ1) is 13.5. The summed E-state index contributed by atoms with van der Waals surface area (Å²) in [5, 5.41) is 6.52. The van der Waals surface area contributed by atoms with Gasteiger partial charge in [-0.25, -0.2) is 9.97 Å². The van der Waals surface area contributed by atoms with Crippen LogP contribution < -0.4 is 15.4 Å². The standard InChI is InChI=1S/C21H21ClN4O2/c1-13-4-6-15(7-5-13)12-24-21-23-9-8-17(26-21)20(27)25-18-10-14(2)16(22)11-19(18)28-3/h4-11H,12H2,1-3H3,(H,25,27)(H,23,24,26). The molecule has 2 aromatic carbocycles. The SMILES string of the molecule is COc1cc(Cl)c(C)cc1NC(=O)c1ccnc(NCc2ccc(C)cc2)n1. The number of aryl methyl sites for hydroxylation is 2. The minimum Gasteiger partial charge on any atom is -0.495 e. The molecule has 0 saturated carbocycles. The predicted octanol–water partition coefficient (Wildman–Crippen LogP) is 4.62. The number of hydrogen-bond acceptors (Lipinski definition) is 5. The molecule has 0 unspecified atom stereocenters. The van der Waals surface area contributed by atoms with Gasteiger partial charge < -0.3 is 15.4 Å². The molecule has 3 aromatic rings. The first-order valence-corrected chi connectivity index (χ1v) is 9.12. The Morgan fingerprint density at radius 3 is 2.61 bits per heavy atom. The van der Waals surface area contributed by atoms with E-state index in [1.54, 1.807) is 24.4 Å². The summed E-state index contributed by atoms with van der Waals surface area (Å²) in [5.74, 6) is 0.504. The van der Waals surface area contributed by atoms with E-state index in [2.05, 4.69) is 20.6 Å². The van der Waals surface area contributed by atoms with Crippen LogP contribution in [0, 0.1) is 13.8 Å². The van der Waals surface area contributed by atoms with Crippen LogP contribution in [-0.2, 0) is 6.54 Å². The van der Waals surface area contributed by atoms with Crippen LogP contribution in [0.2, 0.25) is 5.02 Å². The predicted molar refractivity (Wildman–Crippen MR) is 111 cm³/mol. The third kappa shape index (κ3) is 4.78. The number of nitrogens with one attached hydrogen (secondary N) is 2. The fourth-order valence-corrected chi connectivity index (χ4v) is 2.73. The van der Waals surface area contributed by atoms with Crippen LogP contribution in [0.1, 0.15) is 27.2 Å². The quantitative estimate of drug-likeness (QED) is 0.635. The van der Waals surface area contributed by atoms with E-state index in [-0.39, 0.29) is 11.6 Å². The summed E-state index contributed by atoms with van der Waals surface area (Å²) in [6, 6.07) is 13.1. The van der Waals surface area contributed by atoms with Gasteiger partial charge in [-0.2, -0.15) is 0 Å². The molecular formula is C21H21ClN4O2. The van der Waals surface area contributed by atoms with E-state index in [0.717, 1.165) is 11.1 Å². The second-order valence-corrected chi connectivity index (χ2v) is 6.77. The first-order valence-electron chi connectivity index (χ1n) is 8.74. The Hall–Kier alpha value is -3.12. The van der Waals surface area contributed by atoms with Crippen molar-refractivity contribution in [1.82, 2.24) is 9.97 Å². The second-order valence-electron chi connectivity index (χ2n) is 6.36. The zero-order valence-electron chi connectivity index (χ0n) is 15.9. The molecule has 1 aromatic heterocycles. The van der Waals surface area contributed by atoms with Gasteiger partial charge in [0.05, 0.1) is 12.8 Å². The van der Waals surface area contributed by atoms with Crippen molar-refractivity contribution in [2.75, 3.05) is 17.7 Å². The van der Waals surface area contributed by atoms with Crippen molar-refractivity contribution in [2.24, 2.45) is 0 Å². The van der Waals surface area contributed by atoms with Crippen LogP contribution in [0.25, 0.3) is 0 Å². The van der Waals surface area contributed by atoms with Gasteiger partial charge >= 0.3 is 0 Å². The third-order valence-corrected chi connectivity index (χ3v) is 4.60. The Morgan fingerprint density at radius 2 is 1.89 bits per heavy atom. The highest BCUT2D eigenvalue weighted by atomic mass is 35.5. The summed E-state index contributed by atoms with van der Waals surface area (Å²) in [4.78, 5) is 21.1. The van der Waals surface area contributed by atoms with E-state index < -0.39 is 0 Å². The van der Waals surface area contributed by atoms with Gasteiger partial charge in [0.2, 0.25) is 5.95 Å². The molecule has 7 heteroatoms. The lowest BCUT2D eigenvalue weighted by atomic mass is 10.1. The van der Waals surface area contributed by atoms with Crippen LogP contribution in [-0.4, -0.2) is 23.0 Å². The summed E-state index contributed by atoms with van der Waals surface area (Å²) in [7, 11) is 1.52. The maximum absolute atomic E-state index is 12.6. The topological polar surface area (TPSA) is 76.1 Å². The smallest absolute Gasteiger partial charge is 0.274 e. The average Bonchev–Trinajstić information content (AvgIpc) is 2.70. The van der Waals surface area contributed by atoms with Gasteiger partial charge in [0, 0.05) is 23.8 Å². The van der Waals surface area contributed by atoms with E-state index in [9.17, 15) is 4.79 Å². The molecule has 0 fully saturated rings. The fourth-order valence-electron chi connectivity index (χ4n) is 2.57. The van der Waals surface area contributed by atoms with Crippen LogP contribution in [0.5, 0.6) is 5.75 Å². The zero-order chi connectivity index (χ0) is 20.1. The normalized spacial score (nSPS) is 10.4. The van der Waals surface area contributed by atoms with E-state index >= 15 is 0 Å². The van der Waals surface area contributed by atoms with Gasteiger partial charge in [-0.05, 0) is 37.1 Å². The molecule has 0 bridgehead atoms. The zero-order valence-corrected chi connectivity index (χ0v) is 16.7. The van der Waals surface area contributed by atoms with E-state index in [1.807, 2.05) is 38.1 Å². The molecule has 0 saturated heterocycles. The number of ether oxygens (including phenoxy) is 1. The van der Waals surface area contributed by atoms with Crippen LogP contribution in [0.15, 0.2) is 48.7 Å². The Labute approximate surface area is 168 Å². The largest absolute Gasteiger partial charge is 0.495 e. The molecule has 0 atom stereocenters. The number of nitrogens with zero attached hydrogens (tertiary/aromatic N) is 2. The van der Waals surface area contributed by atoms with Gasteiger partial charge in [-0.15, -0.1) is 0 Å². The maximum Gasteiger partial charge on any atom is 0.274 e. The molecule has 6 nitrogen and oxygen atoms in total. The molecular weight excluding hydrogens is 376 g/mol. The number of halogens is 1. The van der Waals surface area contributed by atoms with E-state index in [4.69, 9.17) is 16.3 Å². The second kappa shape index (κ2) is 8.71. The number of aromatic nitrogens is 2. The number of rotatable bonds is 6. The lowest BCUT2D eigenvalue weighted by molar-refractivity contribution is 0.102. The molecule has 0 aliphatic heterocycles. The minimum atomic E-state index is -0.360. The number of anilines is 2. The minimum absolute atomic E-state index is 0.246. The summed E-state index contributed by atoms with van der Waals surface area (Å²) < 4.78 is 5.29. The number of hydrogen-bond donors (Lipinski definition) is 2. The van der Waals surface area contributed by atoms with Gasteiger partial charge in [-0.1, -0.05) is 41.4 Å². The summed E-state index contributed by atoms with van der Waals surface area (Å²) in [6.07, 6.45) is 1.55. The summed E-state index contributed by atoms with van der Waals surface area (Å²) >= 11 is 6.11. The van der Waals surface area contributed by atoms with E-state index in [1.165, 1.54) is 12.7 Å². The first kappa shape index (κ1) is 19.6. The Balaban J connectivity index is 1.72. The Kier molecular flexibility index (Phi) is 6.11. The van der Waals surface area contributed by atoms with Gasteiger partial charge in [0.1, 0.15) is 11.4 Å². The molecule has 0 aliphatic carbocycles. The van der Waals surface area contributed by atoms with Crippen molar-refractivity contribution >= 4 is 29.1 Å². The fraction of sp³-hybridized carbons (Fsp3) is 0.190. The number of benzene rings is 2. The molecule has 0 radical (unpaired) electrons. The number of carbonyl (C=O) groups is 1. The molecule has 1 amide bonds. The molecule has 0 spiro atoms. The Morgan fingerprint density at radius 1 is 1.14 bits per heavy atom. The molecule has 28 heavy (non-hydrogen) atoms. The Bertz CT molecular complexity index is 990. The van der Waals surface area contributed by atoms with Crippen molar-refractivity contribution in [2.45, 2.75) is 20.4 Å². The number of carbonyl (C=O) groups excluding carboxylic acids is 1. The van der Waals surface area contributed by atoms with Crippen molar-refractivity contribution in [1.29, 1.82) is 0 Å². The van der Waals surface area contributed by atoms with Crippen molar-refractivity contribution in [3.63, 3.8) is 0 Å². The van der Waals surface area contributed by atoms with Gasteiger partial charge in [0.25, 0.3) is 5.91 Å². The maximum atomic E-state index is 12.6. The van der Waals surface area contributed by atoms with Crippen LogP contribution in [0.4, 0.5) is 11.6 Å². The monoisotopic (exact) mass is 396 g/mol. The molecule has 1 heterocycles. The molecule has 3 rings (SSSR count). The van der Waals surface area contributed by atoms with Gasteiger partial charge in [0.15, 0.2) is 0 Å². The lowest BCUT2D eigenvalue weighted by Gasteiger charge is -2.12. The molecule has 0 aliphatic rings. The summed E-state index contributed by atoms with van der Waals surface area (Å²) in [5.41, 5.74) is 3.91. The van der Waals surface area contributed by atoms with Crippen LogP contribution >= 0.6 is 11.6 Å². The highest BCUT2D eigenvalue weighted by Gasteiger charge is 2.14. The summed E-state index contributed by atoms with van der Waals surface area (Å²) in [6.45, 7) is 4.46. The van der Waals surface area contributed by atoms with Crippen molar-refractivity contribution < 1.29 is 9.53 Å². The van der Waals surface area contributed by atoms with Gasteiger partial charge in [-0.3, -0.25) is 4.79 Å². The number of methoxy groups -OCH3 is 1. The number of amides is 1. The highest BCUT2D eigenvalue weighted by Crippen LogP contribution is 2.31. The molecule has 144 valence electrons. The average molecular weight is 397 g/mol.